The third-order valence-electron chi connectivity index (χ3n) is 1.72. The largest absolute Gasteiger partial charge is 0.464 e. The van der Waals surface area contributed by atoms with Crippen molar-refractivity contribution < 1.29 is 13.9 Å². The summed E-state index contributed by atoms with van der Waals surface area (Å²) in [6.45, 7) is 1.07. The highest BCUT2D eigenvalue weighted by Gasteiger charge is 2.09. The predicted octanol–water partition coefficient (Wildman–Crippen LogP) is 1.65. The third-order valence-corrected chi connectivity index (χ3v) is 1.72. The van der Waals surface area contributed by atoms with Crippen molar-refractivity contribution in [3.63, 3.8) is 0 Å². The smallest absolute Gasteiger partial charge is 0.356 e. The number of carbonyl (C=O) groups is 1. The van der Waals surface area contributed by atoms with Crippen LogP contribution in [0.2, 0.25) is 0 Å². The first-order valence-corrected chi connectivity index (χ1v) is 3.80. The van der Waals surface area contributed by atoms with Gasteiger partial charge in [0, 0.05) is 0 Å². The maximum atomic E-state index is 12.3. The van der Waals surface area contributed by atoms with Gasteiger partial charge in [-0.05, 0) is 18.6 Å². The van der Waals surface area contributed by atoms with Crippen molar-refractivity contribution in [1.82, 2.24) is 4.98 Å². The Labute approximate surface area is 75.6 Å². The van der Waals surface area contributed by atoms with Crippen LogP contribution in [0.4, 0.5) is 4.39 Å². The molecule has 0 saturated carbocycles. The average molecular weight is 183 g/mol. The molecule has 3 nitrogen and oxygen atoms in total. The Morgan fingerprint density at radius 3 is 2.85 bits per heavy atom. The number of aromatic nitrogens is 1. The van der Waals surface area contributed by atoms with E-state index in [2.05, 4.69) is 9.72 Å². The topological polar surface area (TPSA) is 39.2 Å². The zero-order valence-electron chi connectivity index (χ0n) is 7.50. The summed E-state index contributed by atoms with van der Waals surface area (Å²) in [5.41, 5.74) is 1.15. The lowest BCUT2D eigenvalue weighted by Crippen LogP contribution is -2.06. The van der Waals surface area contributed by atoms with Crippen molar-refractivity contribution in [3.05, 3.63) is 29.1 Å². The molecule has 0 aromatic carbocycles. The second-order valence-electron chi connectivity index (χ2n) is 2.59. The van der Waals surface area contributed by atoms with Crippen molar-refractivity contribution in [3.8, 4) is 0 Å². The Hall–Kier alpha value is -1.45. The summed E-state index contributed by atoms with van der Waals surface area (Å²) >= 11 is 0. The zero-order chi connectivity index (χ0) is 9.84. The molecule has 0 saturated heterocycles. The molecular formula is C9H10FNO2. The summed E-state index contributed by atoms with van der Waals surface area (Å²) in [6, 6.07) is 3.16. The van der Waals surface area contributed by atoms with Crippen LogP contribution in [0.1, 0.15) is 21.7 Å². The van der Waals surface area contributed by atoms with Crippen molar-refractivity contribution in [1.29, 1.82) is 0 Å². The first-order valence-electron chi connectivity index (χ1n) is 3.80. The summed E-state index contributed by atoms with van der Waals surface area (Å²) in [5.74, 6) is -0.547. The number of rotatable bonds is 2. The Kier molecular flexibility index (Phi) is 2.95. The fourth-order valence-electron chi connectivity index (χ4n) is 0.924. The van der Waals surface area contributed by atoms with Crippen molar-refractivity contribution in [2.75, 3.05) is 7.11 Å². The van der Waals surface area contributed by atoms with Crippen molar-refractivity contribution in [2.45, 2.75) is 13.6 Å². The molecule has 0 atom stereocenters. The molecule has 0 radical (unpaired) electrons. The molecular weight excluding hydrogens is 173 g/mol. The van der Waals surface area contributed by atoms with Gasteiger partial charge in [-0.1, -0.05) is 6.07 Å². The summed E-state index contributed by atoms with van der Waals surface area (Å²) in [5, 5.41) is 0. The molecule has 0 aliphatic heterocycles. The molecule has 1 heterocycles. The first-order chi connectivity index (χ1) is 6.19. The van der Waals surface area contributed by atoms with E-state index in [9.17, 15) is 9.18 Å². The number of ether oxygens (including phenoxy) is 1. The number of esters is 1. The van der Waals surface area contributed by atoms with E-state index in [1.807, 2.05) is 0 Å². The number of methoxy groups -OCH3 is 1. The van der Waals surface area contributed by atoms with Crippen molar-refractivity contribution in [2.24, 2.45) is 0 Å². The van der Waals surface area contributed by atoms with E-state index in [0.717, 1.165) is 5.56 Å². The highest BCUT2D eigenvalue weighted by molar-refractivity contribution is 5.87. The van der Waals surface area contributed by atoms with Crippen LogP contribution in [0.3, 0.4) is 0 Å². The van der Waals surface area contributed by atoms with Gasteiger partial charge in [-0.3, -0.25) is 0 Å². The monoisotopic (exact) mass is 183 g/mol. The molecule has 13 heavy (non-hydrogen) atoms. The van der Waals surface area contributed by atoms with Gasteiger partial charge in [0.25, 0.3) is 0 Å². The van der Waals surface area contributed by atoms with E-state index in [1.54, 1.807) is 13.0 Å². The molecule has 1 aromatic heterocycles. The van der Waals surface area contributed by atoms with Gasteiger partial charge in [0.15, 0.2) is 0 Å². The van der Waals surface area contributed by atoms with Crippen LogP contribution >= 0.6 is 0 Å². The molecule has 70 valence electrons. The average Bonchev–Trinajstić information content (AvgIpc) is 2.17. The molecule has 4 heteroatoms. The van der Waals surface area contributed by atoms with Gasteiger partial charge in [0.05, 0.1) is 12.8 Å². The van der Waals surface area contributed by atoms with E-state index in [1.165, 1.54) is 13.2 Å². The summed E-state index contributed by atoms with van der Waals surface area (Å²) in [7, 11) is 1.26. The molecule has 0 amide bonds. The molecule has 0 unspecified atom stereocenters. The molecule has 0 bridgehead atoms. The van der Waals surface area contributed by atoms with Crippen LogP contribution in [0, 0.1) is 6.92 Å². The lowest BCUT2D eigenvalue weighted by molar-refractivity contribution is 0.0593. The summed E-state index contributed by atoms with van der Waals surface area (Å²) in [4.78, 5) is 14.8. The minimum absolute atomic E-state index is 0.140. The highest BCUT2D eigenvalue weighted by Crippen LogP contribution is 2.08. The van der Waals surface area contributed by atoms with Crippen LogP contribution in [-0.2, 0) is 11.4 Å². The second kappa shape index (κ2) is 3.98. The van der Waals surface area contributed by atoms with Gasteiger partial charge in [-0.15, -0.1) is 0 Å². The maximum Gasteiger partial charge on any atom is 0.356 e. The van der Waals surface area contributed by atoms with Crippen molar-refractivity contribution >= 4 is 5.97 Å². The quantitative estimate of drug-likeness (QED) is 0.654. The highest BCUT2D eigenvalue weighted by atomic mass is 19.1. The van der Waals surface area contributed by atoms with Gasteiger partial charge in [0.1, 0.15) is 12.4 Å². The van der Waals surface area contributed by atoms with E-state index < -0.39 is 12.6 Å². The third kappa shape index (κ3) is 2.02. The number of carbonyl (C=O) groups excluding carboxylic acids is 1. The van der Waals surface area contributed by atoms with E-state index in [4.69, 9.17) is 0 Å². The lowest BCUT2D eigenvalue weighted by Gasteiger charge is -2.02. The van der Waals surface area contributed by atoms with E-state index in [-0.39, 0.29) is 11.4 Å². The molecule has 0 fully saturated rings. The fourth-order valence-corrected chi connectivity index (χ4v) is 0.924. The molecule has 0 aliphatic carbocycles. The summed E-state index contributed by atoms with van der Waals surface area (Å²) < 4.78 is 16.8. The first kappa shape index (κ1) is 9.64. The van der Waals surface area contributed by atoms with Gasteiger partial charge >= 0.3 is 5.97 Å². The van der Waals surface area contributed by atoms with E-state index in [0.29, 0.717) is 0 Å². The minimum atomic E-state index is -0.670. The van der Waals surface area contributed by atoms with Crippen LogP contribution in [0.15, 0.2) is 12.1 Å². The number of nitrogens with zero attached hydrogens (tertiary/aromatic N) is 1. The molecule has 0 N–H and O–H groups in total. The van der Waals surface area contributed by atoms with Crippen LogP contribution in [0.25, 0.3) is 0 Å². The molecule has 1 rings (SSSR count). The molecule has 0 aliphatic rings. The Bertz CT molecular complexity index is 325. The number of hydrogen-bond donors (Lipinski definition) is 0. The SMILES string of the molecule is COC(=O)c1ccc(C)c(CF)n1. The predicted molar refractivity (Wildman–Crippen MR) is 45.1 cm³/mol. The van der Waals surface area contributed by atoms with Crippen LogP contribution in [-0.4, -0.2) is 18.1 Å². The number of aryl methyl sites for hydroxylation is 1. The summed E-state index contributed by atoms with van der Waals surface area (Å²) in [6.07, 6.45) is 0. The van der Waals surface area contributed by atoms with Gasteiger partial charge in [0.2, 0.25) is 0 Å². The standard InChI is InChI=1S/C9H10FNO2/c1-6-3-4-7(9(12)13-2)11-8(6)5-10/h3-4H,5H2,1-2H3. The normalized spacial score (nSPS) is 9.77. The number of halogens is 1. The number of pyridine rings is 1. The Morgan fingerprint density at radius 2 is 2.31 bits per heavy atom. The fraction of sp³-hybridized carbons (Fsp3) is 0.333. The maximum absolute atomic E-state index is 12.3. The number of alkyl halides is 1. The molecule has 0 spiro atoms. The number of hydrogen-bond acceptors (Lipinski definition) is 3. The van der Waals surface area contributed by atoms with Gasteiger partial charge < -0.3 is 4.74 Å². The van der Waals surface area contributed by atoms with E-state index >= 15 is 0 Å². The lowest BCUT2D eigenvalue weighted by atomic mass is 10.2. The van der Waals surface area contributed by atoms with Gasteiger partial charge in [-0.2, -0.15) is 0 Å². The Morgan fingerprint density at radius 1 is 1.62 bits per heavy atom. The van der Waals surface area contributed by atoms with Gasteiger partial charge in [-0.25, -0.2) is 14.2 Å². The second-order valence-corrected chi connectivity index (χ2v) is 2.59. The molecule has 1 aromatic rings. The van der Waals surface area contributed by atoms with Crippen LogP contribution < -0.4 is 0 Å². The van der Waals surface area contributed by atoms with Crippen LogP contribution in [0.5, 0.6) is 0 Å². The Balaban J connectivity index is 3.06. The minimum Gasteiger partial charge on any atom is -0.464 e. The zero-order valence-corrected chi connectivity index (χ0v) is 7.50.